The molecular weight excluding hydrogens is 259 g/mol. The molecule has 2 unspecified atom stereocenters. The summed E-state index contributed by atoms with van der Waals surface area (Å²) in [6.07, 6.45) is -1.85. The molecule has 0 spiro atoms. The molecule has 1 aromatic rings. The summed E-state index contributed by atoms with van der Waals surface area (Å²) in [5.74, 6) is 0. The number of nitrogen functional groups attached to an aromatic ring is 1. The van der Waals surface area contributed by atoms with Gasteiger partial charge in [0.2, 0.25) is 0 Å². The highest BCUT2D eigenvalue weighted by Crippen LogP contribution is 2.32. The molecule has 0 aliphatic carbocycles. The fourth-order valence-corrected chi connectivity index (χ4v) is 2.10. The average molecular weight is 275 g/mol. The smallest absolute Gasteiger partial charge is 0.396 e. The highest BCUT2D eigenvalue weighted by atomic mass is 19.4. The Morgan fingerprint density at radius 3 is 2.84 bits per heavy atom. The molecule has 0 radical (unpaired) electrons. The van der Waals surface area contributed by atoms with E-state index in [0.717, 1.165) is 25.1 Å². The summed E-state index contributed by atoms with van der Waals surface area (Å²) < 4.78 is 43.2. The van der Waals surface area contributed by atoms with E-state index in [4.69, 9.17) is 10.5 Å². The van der Waals surface area contributed by atoms with Crippen molar-refractivity contribution >= 4 is 11.4 Å². The molecule has 0 bridgehead atoms. The second kappa shape index (κ2) is 5.24. The van der Waals surface area contributed by atoms with Crippen molar-refractivity contribution in [2.24, 2.45) is 0 Å². The van der Waals surface area contributed by atoms with E-state index in [-0.39, 0.29) is 23.5 Å². The Hall–Kier alpha value is -1.50. The topological polar surface area (TPSA) is 60.2 Å². The number of nitrogens with one attached hydrogen (secondary N) is 1. The van der Waals surface area contributed by atoms with Crippen LogP contribution < -0.4 is 11.1 Å². The van der Waals surface area contributed by atoms with E-state index < -0.39 is 11.9 Å². The van der Waals surface area contributed by atoms with Crippen LogP contribution in [0.25, 0.3) is 0 Å². The van der Waals surface area contributed by atoms with Gasteiger partial charge in [0.1, 0.15) is 5.69 Å². The number of aromatic nitrogens is 1. The maximum Gasteiger partial charge on any atom is 0.433 e. The fraction of sp³-hybridized carbons (Fsp3) is 0.583. The maximum absolute atomic E-state index is 12.6. The second-order valence-electron chi connectivity index (χ2n) is 4.70. The van der Waals surface area contributed by atoms with E-state index in [1.807, 2.05) is 6.92 Å². The maximum atomic E-state index is 12.6. The van der Waals surface area contributed by atoms with Gasteiger partial charge in [0.25, 0.3) is 0 Å². The van der Waals surface area contributed by atoms with Gasteiger partial charge in [-0.15, -0.1) is 0 Å². The first kappa shape index (κ1) is 13.9. The van der Waals surface area contributed by atoms with Crippen molar-refractivity contribution in [1.82, 2.24) is 4.98 Å². The molecular formula is C12H16F3N3O. The van der Waals surface area contributed by atoms with Crippen LogP contribution in [0.2, 0.25) is 0 Å². The predicted octanol–water partition coefficient (Wildman–Crippen LogP) is 2.66. The van der Waals surface area contributed by atoms with Gasteiger partial charge in [-0.1, -0.05) is 0 Å². The van der Waals surface area contributed by atoms with E-state index >= 15 is 0 Å². The number of anilines is 2. The number of hydrogen-bond donors (Lipinski definition) is 2. The van der Waals surface area contributed by atoms with Gasteiger partial charge in [-0.25, -0.2) is 4.98 Å². The predicted molar refractivity (Wildman–Crippen MR) is 65.7 cm³/mol. The summed E-state index contributed by atoms with van der Waals surface area (Å²) in [5.41, 5.74) is 5.21. The van der Waals surface area contributed by atoms with E-state index in [2.05, 4.69) is 10.3 Å². The average Bonchev–Trinajstić information content (AvgIpc) is 2.30. The molecule has 2 rings (SSSR count). The molecule has 4 nitrogen and oxygen atoms in total. The molecule has 1 aromatic heterocycles. The molecule has 0 amide bonds. The van der Waals surface area contributed by atoms with Gasteiger partial charge in [-0.3, -0.25) is 0 Å². The number of nitrogens with zero attached hydrogens (tertiary/aromatic N) is 1. The van der Waals surface area contributed by atoms with Crippen LogP contribution in [0.15, 0.2) is 12.3 Å². The molecule has 1 aliphatic heterocycles. The van der Waals surface area contributed by atoms with E-state index in [9.17, 15) is 13.2 Å². The van der Waals surface area contributed by atoms with Gasteiger partial charge >= 0.3 is 6.18 Å². The van der Waals surface area contributed by atoms with Crippen molar-refractivity contribution in [2.45, 2.75) is 38.1 Å². The van der Waals surface area contributed by atoms with Gasteiger partial charge in [0.15, 0.2) is 0 Å². The van der Waals surface area contributed by atoms with Crippen LogP contribution in [0.5, 0.6) is 0 Å². The SMILES string of the molecule is CC1CC(Nc2cc(C(F)(F)F)ncc2N)CCO1. The third-order valence-electron chi connectivity index (χ3n) is 3.07. The summed E-state index contributed by atoms with van der Waals surface area (Å²) in [6.45, 7) is 2.53. The summed E-state index contributed by atoms with van der Waals surface area (Å²) in [5, 5.41) is 3.05. The zero-order valence-corrected chi connectivity index (χ0v) is 10.5. The quantitative estimate of drug-likeness (QED) is 0.871. The lowest BCUT2D eigenvalue weighted by Crippen LogP contribution is -2.32. The van der Waals surface area contributed by atoms with Crippen molar-refractivity contribution in [3.63, 3.8) is 0 Å². The van der Waals surface area contributed by atoms with Crippen molar-refractivity contribution < 1.29 is 17.9 Å². The van der Waals surface area contributed by atoms with Crippen LogP contribution in [0, 0.1) is 0 Å². The lowest BCUT2D eigenvalue weighted by Gasteiger charge is -2.29. The molecule has 3 N–H and O–H groups in total. The monoisotopic (exact) mass is 275 g/mol. The van der Waals surface area contributed by atoms with Crippen LogP contribution in [0.4, 0.5) is 24.5 Å². The van der Waals surface area contributed by atoms with Crippen LogP contribution in [-0.4, -0.2) is 23.7 Å². The summed E-state index contributed by atoms with van der Waals surface area (Å²) in [7, 11) is 0. The zero-order chi connectivity index (χ0) is 14.0. The lowest BCUT2D eigenvalue weighted by atomic mass is 10.0. The zero-order valence-electron chi connectivity index (χ0n) is 10.5. The van der Waals surface area contributed by atoms with Gasteiger partial charge in [-0.2, -0.15) is 13.2 Å². The van der Waals surface area contributed by atoms with Crippen LogP contribution >= 0.6 is 0 Å². The van der Waals surface area contributed by atoms with Gasteiger partial charge in [-0.05, 0) is 25.8 Å². The van der Waals surface area contributed by atoms with Gasteiger partial charge in [0.05, 0.1) is 23.7 Å². The van der Waals surface area contributed by atoms with Crippen molar-refractivity contribution in [3.05, 3.63) is 18.0 Å². The lowest BCUT2D eigenvalue weighted by molar-refractivity contribution is -0.141. The Morgan fingerprint density at radius 1 is 1.47 bits per heavy atom. The fourth-order valence-electron chi connectivity index (χ4n) is 2.10. The van der Waals surface area contributed by atoms with E-state index in [1.54, 1.807) is 0 Å². The number of nitrogens with two attached hydrogens (primary N) is 1. The summed E-state index contributed by atoms with van der Waals surface area (Å²) >= 11 is 0. The molecule has 2 heterocycles. The minimum absolute atomic E-state index is 0.0644. The van der Waals surface area contributed by atoms with Gasteiger partial charge < -0.3 is 15.8 Å². The number of alkyl halides is 3. The Labute approximate surface area is 109 Å². The first-order chi connectivity index (χ1) is 8.86. The van der Waals surface area contributed by atoms with Crippen molar-refractivity contribution in [1.29, 1.82) is 0 Å². The molecule has 0 aromatic carbocycles. The molecule has 7 heteroatoms. The Morgan fingerprint density at radius 2 is 2.21 bits per heavy atom. The molecule has 1 saturated heterocycles. The minimum Gasteiger partial charge on any atom is -0.396 e. The Kier molecular flexibility index (Phi) is 3.84. The third kappa shape index (κ3) is 3.50. The molecule has 1 aliphatic rings. The highest BCUT2D eigenvalue weighted by molar-refractivity contribution is 5.65. The van der Waals surface area contributed by atoms with Crippen LogP contribution in [-0.2, 0) is 10.9 Å². The van der Waals surface area contributed by atoms with Crippen LogP contribution in [0.1, 0.15) is 25.5 Å². The van der Waals surface area contributed by atoms with Crippen molar-refractivity contribution in [2.75, 3.05) is 17.7 Å². The first-order valence-electron chi connectivity index (χ1n) is 6.07. The minimum atomic E-state index is -4.47. The number of rotatable bonds is 2. The first-order valence-corrected chi connectivity index (χ1v) is 6.07. The second-order valence-corrected chi connectivity index (χ2v) is 4.70. The van der Waals surface area contributed by atoms with Crippen LogP contribution in [0.3, 0.4) is 0 Å². The number of ether oxygens (including phenoxy) is 1. The summed E-state index contributed by atoms with van der Waals surface area (Å²) in [6, 6.07) is 1.02. The molecule has 0 saturated carbocycles. The normalized spacial score (nSPS) is 24.2. The van der Waals surface area contributed by atoms with Gasteiger partial charge in [0, 0.05) is 12.6 Å². The number of pyridine rings is 1. The summed E-state index contributed by atoms with van der Waals surface area (Å²) in [4.78, 5) is 3.30. The molecule has 2 atom stereocenters. The number of hydrogen-bond acceptors (Lipinski definition) is 4. The van der Waals surface area contributed by atoms with E-state index in [1.165, 1.54) is 0 Å². The Bertz CT molecular complexity index is 450. The standard InChI is InChI=1S/C12H16F3N3O/c1-7-4-8(2-3-19-7)18-10-5-11(12(13,14)15)17-6-9(10)16/h5-8H,2-4,16H2,1H3,(H,17,18). The van der Waals surface area contributed by atoms with E-state index in [0.29, 0.717) is 6.61 Å². The number of halogens is 3. The van der Waals surface area contributed by atoms with Crippen molar-refractivity contribution in [3.8, 4) is 0 Å². The molecule has 1 fully saturated rings. The largest absolute Gasteiger partial charge is 0.433 e. The molecule has 19 heavy (non-hydrogen) atoms. The third-order valence-corrected chi connectivity index (χ3v) is 3.07. The Balaban J connectivity index is 2.15. The molecule has 106 valence electrons. The highest BCUT2D eigenvalue weighted by Gasteiger charge is 2.33.